The third kappa shape index (κ3) is 5.69. The number of aliphatic imine (C=N–C) groups is 1. The van der Waals surface area contributed by atoms with Crippen LogP contribution in [0, 0.1) is 0 Å². The lowest BCUT2D eigenvalue weighted by atomic mass is 10.4. The summed E-state index contributed by atoms with van der Waals surface area (Å²) in [5.41, 5.74) is 5.64. The van der Waals surface area contributed by atoms with E-state index in [9.17, 15) is 0 Å². The van der Waals surface area contributed by atoms with E-state index in [0.717, 1.165) is 13.1 Å². The molecule has 15 heavy (non-hydrogen) atoms. The molecule has 0 spiro atoms. The average molecular weight is 228 g/mol. The van der Waals surface area contributed by atoms with E-state index in [1.807, 2.05) is 11.8 Å². The highest BCUT2D eigenvalue weighted by molar-refractivity contribution is 7.99. The van der Waals surface area contributed by atoms with Crippen molar-refractivity contribution in [2.45, 2.75) is 0 Å². The van der Waals surface area contributed by atoms with Gasteiger partial charge in [-0.2, -0.15) is 11.8 Å². The van der Waals surface area contributed by atoms with Gasteiger partial charge in [-0.15, -0.1) is 6.58 Å². The number of nitrogens with zero attached hydrogens (tertiary/aromatic N) is 2. The van der Waals surface area contributed by atoms with Crippen LogP contribution in [0.25, 0.3) is 0 Å². The highest BCUT2D eigenvalue weighted by atomic mass is 32.2. The Morgan fingerprint density at radius 1 is 1.53 bits per heavy atom. The monoisotopic (exact) mass is 228 g/mol. The van der Waals surface area contributed by atoms with E-state index in [1.54, 1.807) is 6.08 Å². The van der Waals surface area contributed by atoms with Gasteiger partial charge in [0.15, 0.2) is 5.96 Å². The van der Waals surface area contributed by atoms with Crippen molar-refractivity contribution in [3.8, 4) is 0 Å². The summed E-state index contributed by atoms with van der Waals surface area (Å²) in [6, 6.07) is 0. The Labute approximate surface area is 96.0 Å². The maximum atomic E-state index is 5.64. The van der Waals surface area contributed by atoms with Gasteiger partial charge in [0.25, 0.3) is 0 Å². The number of nitrogens with one attached hydrogen (secondary N) is 1. The molecule has 1 fully saturated rings. The molecule has 0 unspecified atom stereocenters. The molecule has 0 aromatic rings. The standard InChI is InChI=1S/C10H20N4S/c1-2-3-12-10(11)13-4-5-14-6-8-15-9-7-14/h2H,1,3-9H2,(H3,11,12,13). The molecule has 0 aliphatic carbocycles. The number of guanidine groups is 1. The number of nitrogens with two attached hydrogens (primary N) is 1. The maximum absolute atomic E-state index is 5.64. The van der Waals surface area contributed by atoms with Gasteiger partial charge in [0, 0.05) is 37.7 Å². The zero-order valence-electron chi connectivity index (χ0n) is 9.11. The van der Waals surface area contributed by atoms with E-state index in [0.29, 0.717) is 12.5 Å². The molecule has 0 atom stereocenters. The first-order valence-electron chi connectivity index (χ1n) is 5.27. The smallest absolute Gasteiger partial charge is 0.188 e. The minimum absolute atomic E-state index is 0.515. The second-order valence-electron chi connectivity index (χ2n) is 3.39. The normalized spacial score (nSPS) is 18.8. The van der Waals surface area contributed by atoms with Crippen LogP contribution < -0.4 is 11.1 Å². The van der Waals surface area contributed by atoms with E-state index in [2.05, 4.69) is 21.8 Å². The quantitative estimate of drug-likeness (QED) is 0.399. The predicted molar refractivity (Wildman–Crippen MR) is 68.5 cm³/mol. The second kappa shape index (κ2) is 7.59. The highest BCUT2D eigenvalue weighted by Gasteiger charge is 2.08. The van der Waals surface area contributed by atoms with Gasteiger partial charge in [-0.3, -0.25) is 9.89 Å². The largest absolute Gasteiger partial charge is 0.370 e. The molecule has 4 nitrogen and oxygen atoms in total. The number of rotatable bonds is 5. The number of hydrogen-bond acceptors (Lipinski definition) is 3. The fourth-order valence-corrected chi connectivity index (χ4v) is 2.35. The summed E-state index contributed by atoms with van der Waals surface area (Å²) in [6.07, 6.45) is 1.77. The molecule has 86 valence electrons. The fraction of sp³-hybridized carbons (Fsp3) is 0.700. The van der Waals surface area contributed by atoms with Crippen LogP contribution in [-0.4, -0.2) is 55.1 Å². The summed E-state index contributed by atoms with van der Waals surface area (Å²) in [7, 11) is 0. The summed E-state index contributed by atoms with van der Waals surface area (Å²) in [5.74, 6) is 3.00. The molecule has 1 saturated heterocycles. The SMILES string of the molecule is C=CCNC(N)=NCCN1CCSCC1. The molecule has 1 aliphatic rings. The minimum atomic E-state index is 0.515. The Bertz CT molecular complexity index is 211. The van der Waals surface area contributed by atoms with Crippen molar-refractivity contribution in [3.05, 3.63) is 12.7 Å². The van der Waals surface area contributed by atoms with E-state index >= 15 is 0 Å². The van der Waals surface area contributed by atoms with Crippen LogP contribution in [0.1, 0.15) is 0 Å². The van der Waals surface area contributed by atoms with Crippen molar-refractivity contribution >= 4 is 17.7 Å². The molecular weight excluding hydrogens is 208 g/mol. The fourth-order valence-electron chi connectivity index (χ4n) is 1.37. The van der Waals surface area contributed by atoms with Crippen LogP contribution >= 0.6 is 11.8 Å². The molecule has 1 aliphatic heterocycles. The molecular formula is C10H20N4S. The third-order valence-corrected chi connectivity index (χ3v) is 3.17. The van der Waals surface area contributed by atoms with Crippen LogP contribution in [0.15, 0.2) is 17.6 Å². The van der Waals surface area contributed by atoms with Crippen LogP contribution in [0.4, 0.5) is 0 Å². The zero-order chi connectivity index (χ0) is 10.9. The maximum Gasteiger partial charge on any atom is 0.188 e. The third-order valence-electron chi connectivity index (χ3n) is 2.23. The van der Waals surface area contributed by atoms with Crippen molar-refractivity contribution in [2.75, 3.05) is 44.2 Å². The van der Waals surface area contributed by atoms with Gasteiger partial charge in [0.1, 0.15) is 0 Å². The van der Waals surface area contributed by atoms with Crippen LogP contribution in [-0.2, 0) is 0 Å². The first-order chi connectivity index (χ1) is 7.33. The molecule has 3 N–H and O–H groups in total. The number of hydrogen-bond donors (Lipinski definition) is 2. The van der Waals surface area contributed by atoms with Crippen molar-refractivity contribution in [2.24, 2.45) is 10.7 Å². The first-order valence-corrected chi connectivity index (χ1v) is 6.43. The molecule has 0 bridgehead atoms. The van der Waals surface area contributed by atoms with Gasteiger partial charge in [-0.1, -0.05) is 6.08 Å². The molecule has 0 aromatic heterocycles. The lowest BCUT2D eigenvalue weighted by Gasteiger charge is -2.25. The molecule has 0 aromatic carbocycles. The van der Waals surface area contributed by atoms with Crippen molar-refractivity contribution in [1.82, 2.24) is 10.2 Å². The van der Waals surface area contributed by atoms with Gasteiger partial charge in [0.05, 0.1) is 6.54 Å². The Hall–Kier alpha value is -0.680. The summed E-state index contributed by atoms with van der Waals surface area (Å²) in [4.78, 5) is 6.67. The van der Waals surface area contributed by atoms with Gasteiger partial charge < -0.3 is 11.1 Å². The Balaban J connectivity index is 2.10. The van der Waals surface area contributed by atoms with Crippen LogP contribution in [0.2, 0.25) is 0 Å². The van der Waals surface area contributed by atoms with Crippen molar-refractivity contribution in [1.29, 1.82) is 0 Å². The summed E-state index contributed by atoms with van der Waals surface area (Å²) in [6.45, 7) is 8.43. The van der Waals surface area contributed by atoms with Gasteiger partial charge in [-0.25, -0.2) is 0 Å². The minimum Gasteiger partial charge on any atom is -0.370 e. The van der Waals surface area contributed by atoms with Crippen molar-refractivity contribution in [3.63, 3.8) is 0 Å². The van der Waals surface area contributed by atoms with Crippen LogP contribution in [0.3, 0.4) is 0 Å². The summed E-state index contributed by atoms with van der Waals surface area (Å²) in [5, 5.41) is 2.96. The van der Waals surface area contributed by atoms with Gasteiger partial charge >= 0.3 is 0 Å². The average Bonchev–Trinajstić information content (AvgIpc) is 2.28. The number of thioether (sulfide) groups is 1. The molecule has 1 rings (SSSR count). The van der Waals surface area contributed by atoms with E-state index in [-0.39, 0.29) is 0 Å². The molecule has 0 saturated carbocycles. The molecule has 0 amide bonds. The molecule has 5 heteroatoms. The van der Waals surface area contributed by atoms with Gasteiger partial charge in [0.2, 0.25) is 0 Å². The van der Waals surface area contributed by atoms with Crippen LogP contribution in [0.5, 0.6) is 0 Å². The van der Waals surface area contributed by atoms with E-state index in [4.69, 9.17) is 5.73 Å². The van der Waals surface area contributed by atoms with Gasteiger partial charge in [-0.05, 0) is 0 Å². The zero-order valence-corrected chi connectivity index (χ0v) is 9.93. The first kappa shape index (κ1) is 12.4. The van der Waals surface area contributed by atoms with E-state index < -0.39 is 0 Å². The lowest BCUT2D eigenvalue weighted by Crippen LogP contribution is -2.36. The Kier molecular flexibility index (Phi) is 6.27. The summed E-state index contributed by atoms with van der Waals surface area (Å²) < 4.78 is 0. The van der Waals surface area contributed by atoms with Crippen molar-refractivity contribution < 1.29 is 0 Å². The van der Waals surface area contributed by atoms with E-state index in [1.165, 1.54) is 24.6 Å². The topological polar surface area (TPSA) is 53.6 Å². The Morgan fingerprint density at radius 3 is 2.93 bits per heavy atom. The summed E-state index contributed by atoms with van der Waals surface area (Å²) >= 11 is 2.02. The Morgan fingerprint density at radius 2 is 2.27 bits per heavy atom. The molecule has 0 radical (unpaired) electrons. The molecule has 1 heterocycles. The lowest BCUT2D eigenvalue weighted by molar-refractivity contribution is 0.311. The second-order valence-corrected chi connectivity index (χ2v) is 4.62. The predicted octanol–water partition coefficient (Wildman–Crippen LogP) is 0.126. The highest BCUT2D eigenvalue weighted by Crippen LogP contribution is 2.08.